The summed E-state index contributed by atoms with van der Waals surface area (Å²) in [6.07, 6.45) is 4.62. The van der Waals surface area contributed by atoms with E-state index in [-0.39, 0.29) is 24.5 Å². The van der Waals surface area contributed by atoms with Crippen molar-refractivity contribution in [3.63, 3.8) is 0 Å². The van der Waals surface area contributed by atoms with Gasteiger partial charge in [0.15, 0.2) is 6.61 Å². The van der Waals surface area contributed by atoms with Crippen LogP contribution in [0.2, 0.25) is 0 Å². The lowest BCUT2D eigenvalue weighted by Gasteiger charge is -2.17. The fourth-order valence-electron chi connectivity index (χ4n) is 3.26. The van der Waals surface area contributed by atoms with Crippen LogP contribution in [0.25, 0.3) is 0 Å². The molecule has 2 amide bonds. The molecule has 2 aromatic rings. The summed E-state index contributed by atoms with van der Waals surface area (Å²) in [4.78, 5) is 24.6. The van der Waals surface area contributed by atoms with Crippen LogP contribution in [0, 0.1) is 0 Å². The molecule has 5 heteroatoms. The van der Waals surface area contributed by atoms with Crippen LogP contribution in [0.3, 0.4) is 0 Å². The van der Waals surface area contributed by atoms with E-state index < -0.39 is 0 Å². The average Bonchev–Trinajstić information content (AvgIpc) is 2.66. The molecule has 3 rings (SSSR count). The smallest absolute Gasteiger partial charge is 0.262 e. The summed E-state index contributed by atoms with van der Waals surface area (Å²) in [5.74, 6) is 0.200. The maximum Gasteiger partial charge on any atom is 0.262 e. The zero-order valence-electron chi connectivity index (χ0n) is 15.9. The highest BCUT2D eigenvalue weighted by molar-refractivity contribution is 6.04. The van der Waals surface area contributed by atoms with Gasteiger partial charge in [-0.15, -0.1) is 0 Å². The molecule has 5 nitrogen and oxygen atoms in total. The van der Waals surface area contributed by atoms with E-state index in [2.05, 4.69) is 16.7 Å². The van der Waals surface area contributed by atoms with Gasteiger partial charge < -0.3 is 15.4 Å². The van der Waals surface area contributed by atoms with Crippen molar-refractivity contribution < 1.29 is 14.3 Å². The van der Waals surface area contributed by atoms with Gasteiger partial charge in [-0.3, -0.25) is 9.59 Å². The van der Waals surface area contributed by atoms with Gasteiger partial charge in [0.25, 0.3) is 11.8 Å². The summed E-state index contributed by atoms with van der Waals surface area (Å²) in [6, 6.07) is 13.0. The lowest BCUT2D eigenvalue weighted by Crippen LogP contribution is -2.31. The van der Waals surface area contributed by atoms with Crippen LogP contribution < -0.4 is 15.4 Å². The molecule has 0 atom stereocenters. The largest absolute Gasteiger partial charge is 0.484 e. The zero-order valence-corrected chi connectivity index (χ0v) is 15.9. The van der Waals surface area contributed by atoms with Crippen LogP contribution in [0.1, 0.15) is 48.2 Å². The van der Waals surface area contributed by atoms with Gasteiger partial charge in [-0.05, 0) is 74.9 Å². The van der Waals surface area contributed by atoms with Gasteiger partial charge in [-0.2, -0.15) is 0 Å². The van der Waals surface area contributed by atoms with Crippen molar-refractivity contribution in [3.8, 4) is 5.75 Å². The van der Waals surface area contributed by atoms with Crippen LogP contribution in [0.15, 0.2) is 42.5 Å². The van der Waals surface area contributed by atoms with E-state index in [1.165, 1.54) is 24.0 Å². The number of hydrogen-bond acceptors (Lipinski definition) is 3. The quantitative estimate of drug-likeness (QED) is 0.819. The molecule has 142 valence electrons. The van der Waals surface area contributed by atoms with E-state index in [4.69, 9.17) is 4.74 Å². The van der Waals surface area contributed by atoms with Gasteiger partial charge in [0.2, 0.25) is 0 Å². The number of ether oxygens (including phenoxy) is 1. The van der Waals surface area contributed by atoms with Crippen LogP contribution in [0.5, 0.6) is 5.75 Å². The first-order valence-corrected chi connectivity index (χ1v) is 9.47. The van der Waals surface area contributed by atoms with Crippen molar-refractivity contribution in [2.24, 2.45) is 0 Å². The second-order valence-corrected chi connectivity index (χ2v) is 7.15. The Labute approximate surface area is 160 Å². The van der Waals surface area contributed by atoms with Crippen molar-refractivity contribution in [3.05, 3.63) is 59.2 Å². The Balaban J connectivity index is 1.61. The molecule has 0 saturated heterocycles. The monoisotopic (exact) mass is 366 g/mol. The normalized spacial score (nSPS) is 13.0. The predicted octanol–water partition coefficient (Wildman–Crippen LogP) is 3.72. The molecule has 0 aliphatic heterocycles. The minimum absolute atomic E-state index is 0.0219. The van der Waals surface area contributed by atoms with Gasteiger partial charge in [0.05, 0.1) is 11.3 Å². The fourth-order valence-corrected chi connectivity index (χ4v) is 3.26. The molecule has 27 heavy (non-hydrogen) atoms. The summed E-state index contributed by atoms with van der Waals surface area (Å²) >= 11 is 0. The van der Waals surface area contributed by atoms with Gasteiger partial charge in [-0.25, -0.2) is 0 Å². The second kappa shape index (κ2) is 8.71. The van der Waals surface area contributed by atoms with Crippen molar-refractivity contribution in [2.75, 3.05) is 11.9 Å². The summed E-state index contributed by atoms with van der Waals surface area (Å²) in [5.41, 5.74) is 3.61. The van der Waals surface area contributed by atoms with Crippen LogP contribution in [0.4, 0.5) is 5.69 Å². The van der Waals surface area contributed by atoms with Gasteiger partial charge in [0, 0.05) is 6.04 Å². The number of fused-ring (bicyclic) bond motifs is 1. The molecule has 2 N–H and O–H groups in total. The van der Waals surface area contributed by atoms with Crippen LogP contribution >= 0.6 is 0 Å². The molecule has 0 bridgehead atoms. The molecular formula is C22H26N2O3. The van der Waals surface area contributed by atoms with Crippen molar-refractivity contribution >= 4 is 17.5 Å². The first kappa shape index (κ1) is 19.0. The number of amides is 2. The number of carbonyl (C=O) groups is 2. The first-order valence-electron chi connectivity index (χ1n) is 9.47. The van der Waals surface area contributed by atoms with Gasteiger partial charge in [0.1, 0.15) is 5.75 Å². The average molecular weight is 366 g/mol. The number of rotatable bonds is 6. The molecule has 1 aliphatic carbocycles. The number of anilines is 1. The van der Waals surface area contributed by atoms with E-state index in [1.807, 2.05) is 26.0 Å². The maximum absolute atomic E-state index is 12.3. The lowest BCUT2D eigenvalue weighted by molar-refractivity contribution is -0.118. The highest BCUT2D eigenvalue weighted by Crippen LogP contribution is 2.25. The number of carbonyl (C=O) groups excluding carboxylic acids is 2. The molecule has 0 saturated carbocycles. The van der Waals surface area contributed by atoms with Crippen molar-refractivity contribution in [1.82, 2.24) is 5.32 Å². The summed E-state index contributed by atoms with van der Waals surface area (Å²) in [5, 5.41) is 5.61. The summed E-state index contributed by atoms with van der Waals surface area (Å²) in [6.45, 7) is 3.69. The predicted molar refractivity (Wildman–Crippen MR) is 106 cm³/mol. The van der Waals surface area contributed by atoms with Gasteiger partial charge in [-0.1, -0.05) is 18.2 Å². The Morgan fingerprint density at radius 2 is 1.78 bits per heavy atom. The molecule has 1 aliphatic rings. The van der Waals surface area contributed by atoms with Crippen molar-refractivity contribution in [1.29, 1.82) is 0 Å². The molecular weight excluding hydrogens is 340 g/mol. The Morgan fingerprint density at radius 3 is 2.56 bits per heavy atom. The van der Waals surface area contributed by atoms with Crippen molar-refractivity contribution in [2.45, 2.75) is 45.6 Å². The molecule has 0 radical (unpaired) electrons. The Morgan fingerprint density at radius 1 is 1.04 bits per heavy atom. The molecule has 0 unspecified atom stereocenters. The van der Waals surface area contributed by atoms with E-state index in [0.717, 1.165) is 12.8 Å². The Bertz CT molecular complexity index is 830. The van der Waals surface area contributed by atoms with Gasteiger partial charge >= 0.3 is 0 Å². The molecule has 0 fully saturated rings. The molecule has 0 heterocycles. The summed E-state index contributed by atoms with van der Waals surface area (Å²) in [7, 11) is 0. The van der Waals surface area contributed by atoms with E-state index in [9.17, 15) is 9.59 Å². The third-order valence-corrected chi connectivity index (χ3v) is 4.56. The fraction of sp³-hybridized carbons (Fsp3) is 0.364. The minimum atomic E-state index is -0.294. The Hall–Kier alpha value is -2.82. The third-order valence-electron chi connectivity index (χ3n) is 4.56. The van der Waals surface area contributed by atoms with Crippen LogP contribution in [-0.4, -0.2) is 24.5 Å². The number of para-hydroxylation sites is 1. The second-order valence-electron chi connectivity index (χ2n) is 7.15. The number of aryl methyl sites for hydroxylation is 2. The first-order chi connectivity index (χ1) is 13.0. The lowest BCUT2D eigenvalue weighted by atomic mass is 9.92. The topological polar surface area (TPSA) is 67.4 Å². The zero-order chi connectivity index (χ0) is 19.2. The third kappa shape index (κ3) is 5.09. The van der Waals surface area contributed by atoms with E-state index in [0.29, 0.717) is 17.0 Å². The van der Waals surface area contributed by atoms with E-state index >= 15 is 0 Å². The molecule has 0 aromatic heterocycles. The number of hydrogen-bond donors (Lipinski definition) is 2. The summed E-state index contributed by atoms with van der Waals surface area (Å²) < 4.78 is 5.66. The SMILES string of the molecule is CC(C)NC(=O)c1ccccc1NC(=O)COc1ccc2c(c1)CCCC2. The van der Waals surface area contributed by atoms with Crippen LogP contribution in [-0.2, 0) is 17.6 Å². The Kier molecular flexibility index (Phi) is 6.12. The maximum atomic E-state index is 12.3. The standard InChI is InChI=1S/C22H26N2O3/c1-15(2)23-22(26)19-9-5-6-10-20(19)24-21(25)14-27-18-12-11-16-7-3-4-8-17(16)13-18/h5-6,9-13,15H,3-4,7-8,14H2,1-2H3,(H,23,26)(H,24,25). The highest BCUT2D eigenvalue weighted by atomic mass is 16.5. The van der Waals surface area contributed by atoms with E-state index in [1.54, 1.807) is 24.3 Å². The molecule has 0 spiro atoms. The number of benzene rings is 2. The number of nitrogens with one attached hydrogen (secondary N) is 2. The molecule has 2 aromatic carbocycles. The minimum Gasteiger partial charge on any atom is -0.484 e. The highest BCUT2D eigenvalue weighted by Gasteiger charge is 2.15.